The van der Waals surface area contributed by atoms with E-state index in [9.17, 15) is 4.79 Å². The minimum absolute atomic E-state index is 0.130. The second kappa shape index (κ2) is 6.07. The number of unbranched alkanes of at least 4 members (excludes halogenated alkanes) is 1. The zero-order valence-electron chi connectivity index (χ0n) is 9.86. The molecular weight excluding hydrogens is 198 g/mol. The fraction of sp³-hybridized carbons (Fsp3) is 0.429. The van der Waals surface area contributed by atoms with E-state index in [1.165, 1.54) is 5.56 Å². The first-order valence-corrected chi connectivity index (χ1v) is 5.65. The summed E-state index contributed by atoms with van der Waals surface area (Å²) < 4.78 is 0. The van der Waals surface area contributed by atoms with Crippen molar-refractivity contribution in [3.05, 3.63) is 35.4 Å². The van der Waals surface area contributed by atoms with Crippen molar-refractivity contribution in [3.63, 3.8) is 0 Å². The highest BCUT2D eigenvalue weighted by Gasteiger charge is 2.06. The van der Waals surface area contributed by atoms with E-state index in [-0.39, 0.29) is 5.78 Å². The number of hydrogen-bond acceptors (Lipinski definition) is 2. The Morgan fingerprint density at radius 2 is 1.94 bits per heavy atom. The topological polar surface area (TPSA) is 40.9 Å². The Hall–Kier alpha value is -1.62. The molecule has 0 saturated carbocycles. The van der Waals surface area contributed by atoms with E-state index in [0.29, 0.717) is 25.2 Å². The van der Waals surface area contributed by atoms with Crippen molar-refractivity contribution < 1.29 is 4.79 Å². The standard InChI is InChI=1S/C14H17NO/c1-11(2)12-6-8-13(9-7-12)14(16)5-3-4-10-15/h6-9,11H,3-5H2,1-2H3. The van der Waals surface area contributed by atoms with Crippen LogP contribution in [-0.2, 0) is 0 Å². The molecule has 0 aliphatic carbocycles. The Morgan fingerprint density at radius 3 is 2.44 bits per heavy atom. The third-order valence-corrected chi connectivity index (χ3v) is 2.59. The van der Waals surface area contributed by atoms with Gasteiger partial charge in [0.05, 0.1) is 6.07 Å². The molecule has 16 heavy (non-hydrogen) atoms. The summed E-state index contributed by atoms with van der Waals surface area (Å²) in [7, 11) is 0. The molecule has 2 heteroatoms. The zero-order chi connectivity index (χ0) is 12.0. The molecule has 0 amide bonds. The zero-order valence-corrected chi connectivity index (χ0v) is 9.86. The van der Waals surface area contributed by atoms with Crippen LogP contribution < -0.4 is 0 Å². The monoisotopic (exact) mass is 215 g/mol. The van der Waals surface area contributed by atoms with Crippen molar-refractivity contribution in [1.29, 1.82) is 5.26 Å². The molecule has 0 spiro atoms. The molecule has 0 fully saturated rings. The third kappa shape index (κ3) is 3.51. The Morgan fingerprint density at radius 1 is 1.31 bits per heavy atom. The number of rotatable bonds is 5. The maximum absolute atomic E-state index is 11.7. The van der Waals surface area contributed by atoms with Gasteiger partial charge in [-0.25, -0.2) is 0 Å². The Bertz CT molecular complexity index is 384. The van der Waals surface area contributed by atoms with Gasteiger partial charge < -0.3 is 0 Å². The summed E-state index contributed by atoms with van der Waals surface area (Å²) in [6, 6.07) is 9.81. The lowest BCUT2D eigenvalue weighted by Gasteiger charge is -2.06. The average molecular weight is 215 g/mol. The first-order valence-electron chi connectivity index (χ1n) is 5.65. The van der Waals surface area contributed by atoms with Crippen molar-refractivity contribution in [2.24, 2.45) is 0 Å². The number of nitrogens with zero attached hydrogens (tertiary/aromatic N) is 1. The normalized spacial score (nSPS) is 10.1. The third-order valence-electron chi connectivity index (χ3n) is 2.59. The van der Waals surface area contributed by atoms with Crippen LogP contribution in [-0.4, -0.2) is 5.78 Å². The highest BCUT2D eigenvalue weighted by Crippen LogP contribution is 2.15. The molecule has 0 saturated heterocycles. The number of Topliss-reactive ketones (excluding diaryl/α,β-unsaturated/α-hetero) is 1. The predicted molar refractivity (Wildman–Crippen MR) is 64.3 cm³/mol. The van der Waals surface area contributed by atoms with Crippen LogP contribution in [0.1, 0.15) is 54.9 Å². The summed E-state index contributed by atoms with van der Waals surface area (Å²) in [5.41, 5.74) is 2.00. The van der Waals surface area contributed by atoms with Crippen LogP contribution in [0, 0.1) is 11.3 Å². The van der Waals surface area contributed by atoms with Crippen LogP contribution in [0.3, 0.4) is 0 Å². The van der Waals surface area contributed by atoms with Crippen LogP contribution in [0.5, 0.6) is 0 Å². The number of nitriles is 1. The summed E-state index contributed by atoms with van der Waals surface area (Å²) in [6.45, 7) is 4.26. The molecule has 0 aliphatic heterocycles. The second-order valence-corrected chi connectivity index (χ2v) is 4.21. The summed E-state index contributed by atoms with van der Waals surface area (Å²) in [6.07, 6.45) is 1.58. The van der Waals surface area contributed by atoms with Gasteiger partial charge in [-0.3, -0.25) is 4.79 Å². The van der Waals surface area contributed by atoms with E-state index in [2.05, 4.69) is 13.8 Å². The van der Waals surface area contributed by atoms with E-state index in [1.54, 1.807) is 0 Å². The lowest BCUT2D eigenvalue weighted by molar-refractivity contribution is 0.0980. The molecule has 1 rings (SSSR count). The first-order chi connectivity index (χ1) is 7.65. The fourth-order valence-electron chi connectivity index (χ4n) is 1.53. The van der Waals surface area contributed by atoms with Crippen molar-refractivity contribution in [2.45, 2.75) is 39.0 Å². The summed E-state index contributed by atoms with van der Waals surface area (Å²) >= 11 is 0. The molecule has 1 aromatic rings. The largest absolute Gasteiger partial charge is 0.294 e. The number of benzene rings is 1. The fourth-order valence-corrected chi connectivity index (χ4v) is 1.53. The lowest BCUT2D eigenvalue weighted by atomic mass is 9.99. The summed E-state index contributed by atoms with van der Waals surface area (Å²) in [4.78, 5) is 11.7. The smallest absolute Gasteiger partial charge is 0.162 e. The van der Waals surface area contributed by atoms with Crippen molar-refractivity contribution in [3.8, 4) is 6.07 Å². The van der Waals surface area contributed by atoms with Crippen molar-refractivity contribution >= 4 is 5.78 Å². The van der Waals surface area contributed by atoms with Gasteiger partial charge in [-0.15, -0.1) is 0 Å². The van der Waals surface area contributed by atoms with Gasteiger partial charge in [-0.2, -0.15) is 5.26 Å². The molecule has 84 valence electrons. The Kier molecular flexibility index (Phi) is 4.72. The molecular formula is C14H17NO. The Balaban J connectivity index is 2.60. The summed E-state index contributed by atoms with van der Waals surface area (Å²) in [5, 5.41) is 8.39. The molecule has 0 heterocycles. The molecule has 0 radical (unpaired) electrons. The minimum Gasteiger partial charge on any atom is -0.294 e. The number of ketones is 1. The number of carbonyl (C=O) groups excluding carboxylic acids is 1. The van der Waals surface area contributed by atoms with Gasteiger partial charge in [0, 0.05) is 18.4 Å². The molecule has 0 atom stereocenters. The van der Waals surface area contributed by atoms with E-state index in [0.717, 1.165) is 5.56 Å². The predicted octanol–water partition coefficient (Wildman–Crippen LogP) is 3.69. The van der Waals surface area contributed by atoms with Gasteiger partial charge in [0.2, 0.25) is 0 Å². The molecule has 0 bridgehead atoms. The highest BCUT2D eigenvalue weighted by molar-refractivity contribution is 5.96. The minimum atomic E-state index is 0.130. The van der Waals surface area contributed by atoms with Crippen LogP contribution in [0.2, 0.25) is 0 Å². The molecule has 0 aromatic heterocycles. The van der Waals surface area contributed by atoms with Gasteiger partial charge in [-0.05, 0) is 17.9 Å². The van der Waals surface area contributed by atoms with E-state index in [4.69, 9.17) is 5.26 Å². The van der Waals surface area contributed by atoms with Crippen LogP contribution in [0.15, 0.2) is 24.3 Å². The van der Waals surface area contributed by atoms with Crippen LogP contribution >= 0.6 is 0 Å². The van der Waals surface area contributed by atoms with E-state index >= 15 is 0 Å². The van der Waals surface area contributed by atoms with Crippen molar-refractivity contribution in [1.82, 2.24) is 0 Å². The number of hydrogen-bond donors (Lipinski definition) is 0. The highest BCUT2D eigenvalue weighted by atomic mass is 16.1. The van der Waals surface area contributed by atoms with Gasteiger partial charge in [0.25, 0.3) is 0 Å². The Labute approximate surface area is 96.9 Å². The molecule has 1 aromatic carbocycles. The molecule has 2 nitrogen and oxygen atoms in total. The number of carbonyl (C=O) groups is 1. The second-order valence-electron chi connectivity index (χ2n) is 4.21. The SMILES string of the molecule is CC(C)c1ccc(C(=O)CCCC#N)cc1. The van der Waals surface area contributed by atoms with Gasteiger partial charge >= 0.3 is 0 Å². The first kappa shape index (κ1) is 12.4. The van der Waals surface area contributed by atoms with Crippen molar-refractivity contribution in [2.75, 3.05) is 0 Å². The van der Waals surface area contributed by atoms with E-state index in [1.807, 2.05) is 30.3 Å². The van der Waals surface area contributed by atoms with Crippen LogP contribution in [0.4, 0.5) is 0 Å². The molecule has 0 unspecified atom stereocenters. The van der Waals surface area contributed by atoms with E-state index < -0.39 is 0 Å². The maximum Gasteiger partial charge on any atom is 0.162 e. The van der Waals surface area contributed by atoms with Gasteiger partial charge in [-0.1, -0.05) is 38.1 Å². The van der Waals surface area contributed by atoms with Crippen LogP contribution in [0.25, 0.3) is 0 Å². The average Bonchev–Trinajstić information content (AvgIpc) is 2.29. The summed E-state index contributed by atoms with van der Waals surface area (Å²) in [5.74, 6) is 0.619. The molecule has 0 aliphatic rings. The van der Waals surface area contributed by atoms with Gasteiger partial charge in [0.15, 0.2) is 5.78 Å². The maximum atomic E-state index is 11.7. The molecule has 0 N–H and O–H groups in total. The lowest BCUT2D eigenvalue weighted by Crippen LogP contribution is -1.99. The van der Waals surface area contributed by atoms with Gasteiger partial charge in [0.1, 0.15) is 0 Å². The quantitative estimate of drug-likeness (QED) is 0.555.